The van der Waals surface area contributed by atoms with Gasteiger partial charge in [-0.05, 0) is 52.9 Å². The van der Waals surface area contributed by atoms with Crippen molar-refractivity contribution in [3.63, 3.8) is 0 Å². The molecular formula is C36H54O12. The standard InChI is InChI=1S/C36H54O12/c1-18(2)12-24-15-27-20(4)29(45-24)17-36(43)32-31(39)19(3)10-11-34(32,41)21(5)26(47-36)9-8-25(37)28-13-23(14-30(38)44-7)16-35(42,48-28)22(6)33(40)46-27/h12,14,19-22,24-29,32,37,41-43H,8-11,13,15-17H2,1-7H3/b23-14+/t19-,20+,21-,22-,24-,25-,26-,27+,28-,29+,32?,34-,35+,36?/m1/s1. The van der Waals surface area contributed by atoms with Gasteiger partial charge in [0.1, 0.15) is 23.7 Å². The maximum atomic E-state index is 13.8. The summed E-state index contributed by atoms with van der Waals surface area (Å²) >= 11 is 0. The second-order valence-electron chi connectivity index (χ2n) is 15.4. The molecule has 0 aromatic rings. The van der Waals surface area contributed by atoms with Crippen LogP contribution >= 0.6 is 0 Å². The third kappa shape index (κ3) is 7.04. The van der Waals surface area contributed by atoms with E-state index in [-0.39, 0.29) is 50.2 Å². The second kappa shape index (κ2) is 13.8. The summed E-state index contributed by atoms with van der Waals surface area (Å²) in [5.41, 5.74) is -0.165. The van der Waals surface area contributed by atoms with Crippen molar-refractivity contribution in [1.82, 2.24) is 0 Å². The summed E-state index contributed by atoms with van der Waals surface area (Å²) in [6.07, 6.45) is -0.695. The SMILES string of the molecule is COC(=O)/C=C1\C[C@H]2O[C@@](O)(C1)[C@H](C)C(=O)O[C@H]1C[C@@H](C=C(C)C)O[C@@H](CC3(O)O[C@H](CC[C@H]2O)[C@@H](C)[C@]2(O)CC[C@@H](C)C(=O)C32)[C@H]1C. The van der Waals surface area contributed by atoms with E-state index in [1.54, 1.807) is 13.8 Å². The third-order valence-electron chi connectivity index (χ3n) is 11.7. The van der Waals surface area contributed by atoms with Crippen LogP contribution in [0.1, 0.15) is 92.9 Å². The Bertz CT molecular complexity index is 1310. The van der Waals surface area contributed by atoms with Crippen LogP contribution < -0.4 is 0 Å². The molecule has 270 valence electrons. The minimum Gasteiger partial charge on any atom is -0.466 e. The molecule has 0 amide bonds. The van der Waals surface area contributed by atoms with Crippen molar-refractivity contribution in [2.24, 2.45) is 29.6 Å². The van der Waals surface area contributed by atoms with Crippen molar-refractivity contribution >= 4 is 17.7 Å². The molecule has 14 atom stereocenters. The van der Waals surface area contributed by atoms with Crippen LogP contribution in [0.3, 0.4) is 0 Å². The van der Waals surface area contributed by atoms with E-state index in [0.717, 1.165) is 5.57 Å². The van der Waals surface area contributed by atoms with Crippen molar-refractivity contribution in [1.29, 1.82) is 0 Å². The highest BCUT2D eigenvalue weighted by Gasteiger charge is 2.65. The fourth-order valence-corrected chi connectivity index (χ4v) is 8.60. The minimum absolute atomic E-state index is 0.0717. The molecule has 0 spiro atoms. The molecule has 4 heterocycles. The lowest BCUT2D eigenvalue weighted by Crippen LogP contribution is -2.70. The maximum Gasteiger partial charge on any atom is 0.330 e. The highest BCUT2D eigenvalue weighted by Crippen LogP contribution is 2.54. The number of carbonyl (C=O) groups is 3. The van der Waals surface area contributed by atoms with Gasteiger partial charge in [0, 0.05) is 43.1 Å². The number of methoxy groups -OCH3 is 1. The number of hydrogen-bond acceptors (Lipinski definition) is 12. The molecule has 0 radical (unpaired) electrons. The van der Waals surface area contributed by atoms with Crippen LogP contribution in [0.25, 0.3) is 0 Å². The molecule has 12 nitrogen and oxygen atoms in total. The average molecular weight is 679 g/mol. The van der Waals surface area contributed by atoms with Crippen molar-refractivity contribution in [3.8, 4) is 0 Å². The molecule has 5 aliphatic rings. The van der Waals surface area contributed by atoms with Gasteiger partial charge in [-0.1, -0.05) is 38.0 Å². The quantitative estimate of drug-likeness (QED) is 0.191. The summed E-state index contributed by atoms with van der Waals surface area (Å²) in [6, 6.07) is 0. The summed E-state index contributed by atoms with van der Waals surface area (Å²) < 4.78 is 30.0. The number of Topliss-reactive ketones (excluding diaryl/α,β-unsaturated/α-hetero) is 1. The van der Waals surface area contributed by atoms with Crippen molar-refractivity contribution in [2.75, 3.05) is 7.11 Å². The van der Waals surface area contributed by atoms with E-state index in [0.29, 0.717) is 18.4 Å². The number of fused-ring (bicyclic) bond motifs is 8. The van der Waals surface area contributed by atoms with Crippen LogP contribution in [0, 0.1) is 29.6 Å². The zero-order chi connectivity index (χ0) is 35.3. The molecule has 0 aromatic carbocycles. The van der Waals surface area contributed by atoms with Gasteiger partial charge in [0.25, 0.3) is 0 Å². The highest BCUT2D eigenvalue weighted by molar-refractivity contribution is 5.86. The lowest BCUT2D eigenvalue weighted by atomic mass is 9.58. The molecule has 48 heavy (non-hydrogen) atoms. The van der Waals surface area contributed by atoms with Gasteiger partial charge in [0.2, 0.25) is 0 Å². The Morgan fingerprint density at radius 2 is 1.62 bits per heavy atom. The van der Waals surface area contributed by atoms with Crippen LogP contribution in [-0.4, -0.2) is 99.1 Å². The maximum absolute atomic E-state index is 13.8. The zero-order valence-electron chi connectivity index (χ0n) is 29.2. The van der Waals surface area contributed by atoms with E-state index in [1.165, 1.54) is 20.1 Å². The molecule has 2 unspecified atom stereocenters. The molecule has 6 bridgehead atoms. The number of hydrogen-bond donors (Lipinski definition) is 4. The van der Waals surface area contributed by atoms with Gasteiger partial charge in [-0.2, -0.15) is 0 Å². The van der Waals surface area contributed by atoms with Crippen molar-refractivity contribution in [2.45, 2.75) is 147 Å². The second-order valence-corrected chi connectivity index (χ2v) is 15.4. The van der Waals surface area contributed by atoms with Crippen LogP contribution in [0.15, 0.2) is 23.3 Å². The molecule has 5 rings (SSSR count). The number of ketones is 1. The Hall–Kier alpha value is -2.19. The number of allylic oxidation sites excluding steroid dienone is 1. The lowest BCUT2D eigenvalue weighted by molar-refractivity contribution is -0.355. The Kier molecular flexibility index (Phi) is 10.7. The predicted molar refractivity (Wildman–Crippen MR) is 171 cm³/mol. The minimum atomic E-state index is -2.11. The summed E-state index contributed by atoms with van der Waals surface area (Å²) in [7, 11) is 1.23. The van der Waals surface area contributed by atoms with Crippen LogP contribution in [0.5, 0.6) is 0 Å². The van der Waals surface area contributed by atoms with Gasteiger partial charge in [0.05, 0.1) is 43.2 Å². The van der Waals surface area contributed by atoms with Gasteiger partial charge in [-0.25, -0.2) is 4.79 Å². The molecule has 4 N–H and O–H groups in total. The van der Waals surface area contributed by atoms with Crippen LogP contribution in [0.2, 0.25) is 0 Å². The molecule has 4 saturated heterocycles. The van der Waals surface area contributed by atoms with Gasteiger partial charge < -0.3 is 44.1 Å². The van der Waals surface area contributed by atoms with Crippen molar-refractivity contribution in [3.05, 3.63) is 23.3 Å². The van der Waals surface area contributed by atoms with Crippen molar-refractivity contribution < 1.29 is 58.5 Å². The molecule has 12 heteroatoms. The first kappa shape index (κ1) is 37.1. The van der Waals surface area contributed by atoms with E-state index >= 15 is 0 Å². The molecule has 5 fully saturated rings. The Labute approximate surface area is 282 Å². The molecular weight excluding hydrogens is 624 g/mol. The van der Waals surface area contributed by atoms with Gasteiger partial charge >= 0.3 is 11.9 Å². The molecule has 1 aliphatic carbocycles. The number of carbonyl (C=O) groups excluding carboxylic acids is 3. The fourth-order valence-electron chi connectivity index (χ4n) is 8.60. The summed E-state index contributed by atoms with van der Waals surface area (Å²) in [4.78, 5) is 39.8. The summed E-state index contributed by atoms with van der Waals surface area (Å²) in [5, 5.41) is 48.0. The van der Waals surface area contributed by atoms with E-state index in [1.807, 2.05) is 26.8 Å². The zero-order valence-corrected chi connectivity index (χ0v) is 29.2. The number of ether oxygens (including phenoxy) is 5. The summed E-state index contributed by atoms with van der Waals surface area (Å²) in [5.74, 6) is -9.72. The average Bonchev–Trinajstić information content (AvgIpc) is 3.01. The first-order chi connectivity index (χ1) is 22.4. The Morgan fingerprint density at radius 3 is 2.29 bits per heavy atom. The number of rotatable bonds is 2. The largest absolute Gasteiger partial charge is 0.466 e. The van der Waals surface area contributed by atoms with Gasteiger partial charge in [0.15, 0.2) is 11.6 Å². The normalized spacial score (nSPS) is 47.8. The Balaban J connectivity index is 1.59. The smallest absolute Gasteiger partial charge is 0.330 e. The van der Waals surface area contributed by atoms with E-state index < -0.39 is 89.4 Å². The van der Waals surface area contributed by atoms with Gasteiger partial charge in [-0.3, -0.25) is 9.59 Å². The number of aliphatic hydroxyl groups excluding tert-OH is 1. The van der Waals surface area contributed by atoms with E-state index in [2.05, 4.69) is 0 Å². The first-order valence-electron chi connectivity index (χ1n) is 17.4. The first-order valence-corrected chi connectivity index (χ1v) is 17.4. The number of esters is 2. The molecule has 0 aromatic heterocycles. The third-order valence-corrected chi connectivity index (χ3v) is 11.7. The highest BCUT2D eigenvalue weighted by atomic mass is 16.6. The molecule has 1 saturated carbocycles. The van der Waals surface area contributed by atoms with E-state index in [4.69, 9.17) is 23.7 Å². The topological polar surface area (TPSA) is 178 Å². The fraction of sp³-hybridized carbons (Fsp3) is 0.806. The van der Waals surface area contributed by atoms with E-state index in [9.17, 15) is 34.8 Å². The van der Waals surface area contributed by atoms with Crippen LogP contribution in [-0.2, 0) is 38.1 Å². The summed E-state index contributed by atoms with van der Waals surface area (Å²) in [6.45, 7) is 10.8. The van der Waals surface area contributed by atoms with Crippen LogP contribution in [0.4, 0.5) is 0 Å². The van der Waals surface area contributed by atoms with Gasteiger partial charge in [-0.15, -0.1) is 0 Å². The molecule has 4 aliphatic heterocycles. The number of aliphatic hydroxyl groups is 4. The lowest BCUT2D eigenvalue weighted by Gasteiger charge is -2.58. The monoisotopic (exact) mass is 678 g/mol. The predicted octanol–water partition coefficient (Wildman–Crippen LogP) is 2.88. The Morgan fingerprint density at radius 1 is 0.938 bits per heavy atom.